The lowest BCUT2D eigenvalue weighted by Gasteiger charge is -2.24. The number of amides is 1. The van der Waals surface area contributed by atoms with Crippen LogP contribution in [0.2, 0.25) is 0 Å². The second-order valence-electron chi connectivity index (χ2n) is 5.05. The Balaban J connectivity index is 2.27. The minimum absolute atomic E-state index is 0.164. The third-order valence-electron chi connectivity index (χ3n) is 2.93. The summed E-state index contributed by atoms with van der Waals surface area (Å²) in [5, 5.41) is 11.3. The molecule has 1 amide bonds. The molecule has 0 aromatic carbocycles. The van der Waals surface area contributed by atoms with Crippen molar-refractivity contribution in [1.82, 2.24) is 4.90 Å². The second kappa shape index (κ2) is 6.72. The van der Waals surface area contributed by atoms with E-state index < -0.39 is 12.0 Å². The van der Waals surface area contributed by atoms with Crippen LogP contribution in [-0.2, 0) is 9.59 Å². The number of carboxylic acids is 1. The number of thiophene rings is 1. The first kappa shape index (κ1) is 16.2. The third-order valence-corrected chi connectivity index (χ3v) is 5.08. The number of rotatable bonds is 5. The van der Waals surface area contributed by atoms with Crippen molar-refractivity contribution in [3.63, 3.8) is 0 Å². The van der Waals surface area contributed by atoms with Gasteiger partial charge < -0.3 is 5.11 Å². The summed E-state index contributed by atoms with van der Waals surface area (Å²) in [6, 6.07) is 2.91. The van der Waals surface area contributed by atoms with Crippen molar-refractivity contribution in [3.05, 3.63) is 27.3 Å². The van der Waals surface area contributed by atoms with Gasteiger partial charge in [-0.15, -0.1) is 11.3 Å². The number of carboxylic acid groups (broad SMARTS) is 1. The summed E-state index contributed by atoms with van der Waals surface area (Å²) in [6.45, 7) is 3.85. The first-order chi connectivity index (χ1) is 9.90. The van der Waals surface area contributed by atoms with Crippen LogP contribution in [0.1, 0.15) is 25.1 Å². The highest BCUT2D eigenvalue weighted by atomic mass is 32.2. The van der Waals surface area contributed by atoms with E-state index in [0.29, 0.717) is 15.6 Å². The number of aliphatic carboxylic acids is 1. The van der Waals surface area contributed by atoms with Gasteiger partial charge >= 0.3 is 5.97 Å². The lowest BCUT2D eigenvalue weighted by Crippen LogP contribution is -2.44. The summed E-state index contributed by atoms with van der Waals surface area (Å²) in [6.07, 6.45) is 2.15. The number of hydrogen-bond donors (Lipinski definition) is 1. The third kappa shape index (κ3) is 3.72. The van der Waals surface area contributed by atoms with Crippen LogP contribution in [0.4, 0.5) is 0 Å². The molecule has 7 heteroatoms. The minimum atomic E-state index is -1.02. The highest BCUT2D eigenvalue weighted by molar-refractivity contribution is 8.26. The maximum atomic E-state index is 12.5. The summed E-state index contributed by atoms with van der Waals surface area (Å²) >= 11 is 7.89. The zero-order valence-corrected chi connectivity index (χ0v) is 14.1. The predicted molar refractivity (Wildman–Crippen MR) is 90.2 cm³/mol. The van der Waals surface area contributed by atoms with Gasteiger partial charge in [-0.1, -0.05) is 43.9 Å². The fraction of sp³-hybridized carbons (Fsp3) is 0.357. The molecule has 1 unspecified atom stereocenters. The Labute approximate surface area is 136 Å². The van der Waals surface area contributed by atoms with E-state index in [1.165, 1.54) is 28.0 Å². The first-order valence-electron chi connectivity index (χ1n) is 6.43. The molecule has 0 radical (unpaired) electrons. The number of thioether (sulfide) groups is 1. The van der Waals surface area contributed by atoms with Gasteiger partial charge in [-0.2, -0.15) is 0 Å². The number of carbonyl (C=O) groups excluding carboxylic acids is 1. The van der Waals surface area contributed by atoms with Crippen LogP contribution in [0.5, 0.6) is 0 Å². The molecule has 4 nitrogen and oxygen atoms in total. The Kier molecular flexibility index (Phi) is 5.18. The Hall–Kier alpha value is -1.18. The van der Waals surface area contributed by atoms with Crippen molar-refractivity contribution >= 4 is 57.6 Å². The van der Waals surface area contributed by atoms with Crippen LogP contribution in [0, 0.1) is 5.92 Å². The molecule has 1 aliphatic heterocycles. The predicted octanol–water partition coefficient (Wildman–Crippen LogP) is 3.45. The van der Waals surface area contributed by atoms with Crippen molar-refractivity contribution in [2.75, 3.05) is 0 Å². The quantitative estimate of drug-likeness (QED) is 0.657. The maximum absolute atomic E-state index is 12.5. The lowest BCUT2D eigenvalue weighted by atomic mass is 10.0. The molecular weight excluding hydrogens is 326 g/mol. The fourth-order valence-corrected chi connectivity index (χ4v) is 4.09. The van der Waals surface area contributed by atoms with Gasteiger partial charge in [0.25, 0.3) is 5.91 Å². The first-order valence-corrected chi connectivity index (χ1v) is 8.54. The molecule has 0 spiro atoms. The Bertz CT molecular complexity index is 593. The van der Waals surface area contributed by atoms with Gasteiger partial charge in [0.2, 0.25) is 0 Å². The maximum Gasteiger partial charge on any atom is 0.326 e. The smallest absolute Gasteiger partial charge is 0.326 e. The lowest BCUT2D eigenvalue weighted by molar-refractivity contribution is -0.145. The van der Waals surface area contributed by atoms with E-state index in [1.807, 2.05) is 31.4 Å². The molecule has 1 atom stereocenters. The number of nitrogens with zero attached hydrogens (tertiary/aromatic N) is 1. The molecule has 1 aromatic heterocycles. The molecule has 1 N–H and O–H groups in total. The van der Waals surface area contributed by atoms with Crippen LogP contribution < -0.4 is 0 Å². The molecule has 1 aromatic rings. The van der Waals surface area contributed by atoms with Crippen molar-refractivity contribution in [3.8, 4) is 0 Å². The Morgan fingerprint density at radius 3 is 2.76 bits per heavy atom. The molecule has 2 rings (SSSR count). The van der Waals surface area contributed by atoms with Crippen LogP contribution >= 0.6 is 35.3 Å². The van der Waals surface area contributed by atoms with Gasteiger partial charge in [-0.05, 0) is 29.9 Å². The summed E-state index contributed by atoms with van der Waals surface area (Å²) in [7, 11) is 0. The van der Waals surface area contributed by atoms with Gasteiger partial charge in [-0.25, -0.2) is 4.79 Å². The van der Waals surface area contributed by atoms with Gasteiger partial charge in [0.15, 0.2) is 0 Å². The highest BCUT2D eigenvalue weighted by Crippen LogP contribution is 2.35. The monoisotopic (exact) mass is 341 g/mol. The molecule has 1 saturated heterocycles. The SMILES string of the molecule is CC(C)CC(C(=O)O)N1C(=O)/C(=C/c2cccs2)SC1=S. The average Bonchev–Trinajstić information content (AvgIpc) is 2.97. The molecule has 0 bridgehead atoms. The summed E-state index contributed by atoms with van der Waals surface area (Å²) in [5.41, 5.74) is 0. The fourth-order valence-electron chi connectivity index (χ4n) is 2.01. The topological polar surface area (TPSA) is 57.6 Å². The van der Waals surface area contributed by atoms with Gasteiger partial charge in [-0.3, -0.25) is 9.69 Å². The van der Waals surface area contributed by atoms with E-state index in [2.05, 4.69) is 0 Å². The summed E-state index contributed by atoms with van der Waals surface area (Å²) in [4.78, 5) is 26.6. The van der Waals surface area contributed by atoms with Crippen LogP contribution in [0.3, 0.4) is 0 Å². The molecule has 112 valence electrons. The normalized spacial score (nSPS) is 18.8. The Morgan fingerprint density at radius 1 is 1.52 bits per heavy atom. The minimum Gasteiger partial charge on any atom is -0.480 e. The number of thiocarbonyl (C=S) groups is 1. The highest BCUT2D eigenvalue weighted by Gasteiger charge is 2.40. The molecule has 0 aliphatic carbocycles. The van der Waals surface area contributed by atoms with Crippen LogP contribution in [0.25, 0.3) is 6.08 Å². The van der Waals surface area contributed by atoms with Crippen LogP contribution in [-0.4, -0.2) is 32.2 Å². The molecule has 0 saturated carbocycles. The van der Waals surface area contributed by atoms with E-state index in [4.69, 9.17) is 12.2 Å². The van der Waals surface area contributed by atoms with Crippen LogP contribution in [0.15, 0.2) is 22.4 Å². The summed E-state index contributed by atoms with van der Waals surface area (Å²) in [5.74, 6) is -1.17. The zero-order chi connectivity index (χ0) is 15.6. The van der Waals surface area contributed by atoms with Gasteiger partial charge in [0, 0.05) is 4.88 Å². The zero-order valence-electron chi connectivity index (χ0n) is 11.6. The summed E-state index contributed by atoms with van der Waals surface area (Å²) < 4.78 is 0.316. The van der Waals surface area contributed by atoms with E-state index in [9.17, 15) is 14.7 Å². The van der Waals surface area contributed by atoms with Crippen molar-refractivity contribution < 1.29 is 14.7 Å². The van der Waals surface area contributed by atoms with Crippen molar-refractivity contribution in [2.24, 2.45) is 5.92 Å². The van der Waals surface area contributed by atoms with Gasteiger partial charge in [0.1, 0.15) is 10.4 Å². The van der Waals surface area contributed by atoms with Gasteiger partial charge in [0.05, 0.1) is 4.91 Å². The molecule has 1 aliphatic rings. The standard InChI is InChI=1S/C14H15NO3S3/c1-8(2)6-10(13(17)18)15-12(16)11(21-14(15)19)7-9-4-3-5-20-9/h3-5,7-8,10H,6H2,1-2H3,(H,17,18)/b11-7-. The molecular formula is C14H15NO3S3. The molecule has 21 heavy (non-hydrogen) atoms. The largest absolute Gasteiger partial charge is 0.480 e. The van der Waals surface area contributed by atoms with E-state index in [0.717, 1.165) is 4.88 Å². The Morgan fingerprint density at radius 2 is 2.24 bits per heavy atom. The number of hydrogen-bond acceptors (Lipinski definition) is 5. The number of carbonyl (C=O) groups is 2. The van der Waals surface area contributed by atoms with E-state index in [-0.39, 0.29) is 11.8 Å². The van der Waals surface area contributed by atoms with E-state index >= 15 is 0 Å². The van der Waals surface area contributed by atoms with Crippen molar-refractivity contribution in [2.45, 2.75) is 26.3 Å². The average molecular weight is 341 g/mol. The molecule has 2 heterocycles. The second-order valence-corrected chi connectivity index (χ2v) is 7.71. The van der Waals surface area contributed by atoms with E-state index in [1.54, 1.807) is 6.08 Å². The van der Waals surface area contributed by atoms with Crippen molar-refractivity contribution in [1.29, 1.82) is 0 Å². The molecule has 1 fully saturated rings.